The number of carbonyl (C=O) groups excluding carboxylic acids is 1. The number of ketones is 1. The summed E-state index contributed by atoms with van der Waals surface area (Å²) in [6.07, 6.45) is 2.85. The van der Waals surface area contributed by atoms with Gasteiger partial charge in [0.2, 0.25) is 0 Å². The van der Waals surface area contributed by atoms with Gasteiger partial charge in [0.1, 0.15) is 5.78 Å². The van der Waals surface area contributed by atoms with Gasteiger partial charge in [0.15, 0.2) is 0 Å². The fraction of sp³-hybridized carbons (Fsp3) is 0.857. The summed E-state index contributed by atoms with van der Waals surface area (Å²) < 4.78 is 27.0. The van der Waals surface area contributed by atoms with Crippen molar-refractivity contribution < 1.29 is 13.2 Å². The van der Waals surface area contributed by atoms with Crippen LogP contribution in [-0.2, 0) is 15.0 Å². The molecule has 0 saturated heterocycles. The highest BCUT2D eigenvalue weighted by Crippen LogP contribution is 2.18. The van der Waals surface area contributed by atoms with Gasteiger partial charge >= 0.3 is 0 Å². The minimum absolute atomic E-state index is 0.0597. The monoisotopic (exact) mass is 206 g/mol. The van der Waals surface area contributed by atoms with Crippen LogP contribution in [0.25, 0.3) is 0 Å². The molecule has 0 unspecified atom stereocenters. The maximum atomic E-state index is 11.2. The van der Waals surface area contributed by atoms with E-state index in [1.807, 2.05) is 0 Å². The number of nitrogens with one attached hydrogen (secondary N) is 2. The van der Waals surface area contributed by atoms with E-state index >= 15 is 0 Å². The first kappa shape index (κ1) is 10.6. The molecule has 13 heavy (non-hydrogen) atoms. The van der Waals surface area contributed by atoms with E-state index < -0.39 is 10.2 Å². The second-order valence-electron chi connectivity index (χ2n) is 3.27. The molecule has 0 bridgehead atoms. The van der Waals surface area contributed by atoms with Gasteiger partial charge in [-0.15, -0.1) is 0 Å². The molecule has 1 aliphatic rings. The Hall–Kier alpha value is -0.460. The Morgan fingerprint density at radius 2 is 2.08 bits per heavy atom. The van der Waals surface area contributed by atoms with Gasteiger partial charge in [0.05, 0.1) is 6.54 Å². The standard InChI is InChI=1S/C7H14N2O3S/c1-6(10)5-8-13(11,12)9-7-3-2-4-7/h7-9H,2-5H2,1H3. The van der Waals surface area contributed by atoms with Crippen LogP contribution in [0, 0.1) is 0 Å². The van der Waals surface area contributed by atoms with Crippen LogP contribution in [0.3, 0.4) is 0 Å². The SMILES string of the molecule is CC(=O)CNS(=O)(=O)NC1CCC1. The molecule has 0 heterocycles. The van der Waals surface area contributed by atoms with Gasteiger partial charge in [-0.2, -0.15) is 17.9 Å². The Balaban J connectivity index is 2.32. The van der Waals surface area contributed by atoms with Crippen LogP contribution >= 0.6 is 0 Å². The minimum Gasteiger partial charge on any atom is -0.299 e. The van der Waals surface area contributed by atoms with E-state index in [0.717, 1.165) is 19.3 Å². The number of hydrogen-bond donors (Lipinski definition) is 2. The summed E-state index contributed by atoms with van der Waals surface area (Å²) in [6, 6.07) is 0.0597. The maximum Gasteiger partial charge on any atom is 0.277 e. The first-order valence-corrected chi connectivity index (χ1v) is 5.74. The van der Waals surface area contributed by atoms with Crippen LogP contribution in [0.2, 0.25) is 0 Å². The summed E-state index contributed by atoms with van der Waals surface area (Å²) in [4.78, 5) is 10.5. The molecular formula is C7H14N2O3S. The fourth-order valence-electron chi connectivity index (χ4n) is 0.984. The second-order valence-corrected chi connectivity index (χ2v) is 4.80. The smallest absolute Gasteiger partial charge is 0.277 e. The fourth-order valence-corrected chi connectivity index (χ4v) is 2.13. The van der Waals surface area contributed by atoms with Crippen molar-refractivity contribution in [2.45, 2.75) is 32.2 Å². The van der Waals surface area contributed by atoms with Crippen LogP contribution in [0.5, 0.6) is 0 Å². The molecule has 1 aliphatic carbocycles. The summed E-state index contributed by atoms with van der Waals surface area (Å²) in [5.41, 5.74) is 0. The Bertz CT molecular complexity index is 282. The van der Waals surface area contributed by atoms with Gasteiger partial charge in [-0.3, -0.25) is 4.79 Å². The molecule has 0 spiro atoms. The lowest BCUT2D eigenvalue weighted by molar-refractivity contribution is -0.115. The summed E-state index contributed by atoms with van der Waals surface area (Å²) in [7, 11) is -3.46. The molecule has 6 heteroatoms. The second kappa shape index (κ2) is 4.17. The van der Waals surface area contributed by atoms with Crippen molar-refractivity contribution in [1.29, 1.82) is 0 Å². The Morgan fingerprint density at radius 3 is 2.46 bits per heavy atom. The molecule has 0 aromatic rings. The van der Waals surface area contributed by atoms with Crippen LogP contribution < -0.4 is 9.44 Å². The van der Waals surface area contributed by atoms with E-state index in [1.165, 1.54) is 6.92 Å². The number of Topliss-reactive ketones (excluding diaryl/α,β-unsaturated/α-hetero) is 1. The highest BCUT2D eigenvalue weighted by molar-refractivity contribution is 7.87. The van der Waals surface area contributed by atoms with Crippen LogP contribution in [0.1, 0.15) is 26.2 Å². The first-order chi connectivity index (χ1) is 5.99. The number of rotatable bonds is 5. The van der Waals surface area contributed by atoms with E-state index in [9.17, 15) is 13.2 Å². The molecule has 0 aromatic heterocycles. The normalized spacial score (nSPS) is 18.2. The molecule has 76 valence electrons. The van der Waals surface area contributed by atoms with Crippen molar-refractivity contribution in [3.8, 4) is 0 Å². The van der Waals surface area contributed by atoms with E-state index in [4.69, 9.17) is 0 Å². The third kappa shape index (κ3) is 3.84. The van der Waals surface area contributed by atoms with Crippen LogP contribution in [0.15, 0.2) is 0 Å². The van der Waals surface area contributed by atoms with Crippen LogP contribution in [-0.4, -0.2) is 26.8 Å². The topological polar surface area (TPSA) is 75.3 Å². The van der Waals surface area contributed by atoms with Crippen molar-refractivity contribution in [2.75, 3.05) is 6.54 Å². The van der Waals surface area contributed by atoms with E-state index in [-0.39, 0.29) is 18.4 Å². The zero-order valence-electron chi connectivity index (χ0n) is 7.54. The average molecular weight is 206 g/mol. The van der Waals surface area contributed by atoms with Crippen molar-refractivity contribution >= 4 is 16.0 Å². The lowest BCUT2D eigenvalue weighted by Crippen LogP contribution is -2.46. The quantitative estimate of drug-likeness (QED) is 0.640. The Kier molecular flexibility index (Phi) is 3.40. The molecule has 0 radical (unpaired) electrons. The van der Waals surface area contributed by atoms with Gasteiger partial charge in [0.25, 0.3) is 10.2 Å². The molecule has 1 saturated carbocycles. The lowest BCUT2D eigenvalue weighted by Gasteiger charge is -2.25. The summed E-state index contributed by atoms with van der Waals surface area (Å²) >= 11 is 0. The highest BCUT2D eigenvalue weighted by Gasteiger charge is 2.22. The third-order valence-electron chi connectivity index (χ3n) is 1.94. The predicted molar refractivity (Wildman–Crippen MR) is 48.4 cm³/mol. The van der Waals surface area contributed by atoms with Crippen molar-refractivity contribution in [2.24, 2.45) is 0 Å². The van der Waals surface area contributed by atoms with Gasteiger partial charge in [-0.25, -0.2) is 0 Å². The van der Waals surface area contributed by atoms with Crippen molar-refractivity contribution in [1.82, 2.24) is 9.44 Å². The summed E-state index contributed by atoms with van der Waals surface area (Å²) in [5.74, 6) is -0.195. The Morgan fingerprint density at radius 1 is 1.46 bits per heavy atom. The van der Waals surface area contributed by atoms with Gasteiger partial charge < -0.3 is 0 Å². The van der Waals surface area contributed by atoms with Gasteiger partial charge in [-0.1, -0.05) is 6.42 Å². The molecule has 5 nitrogen and oxygen atoms in total. The van der Waals surface area contributed by atoms with E-state index in [2.05, 4.69) is 9.44 Å². The van der Waals surface area contributed by atoms with Crippen molar-refractivity contribution in [3.05, 3.63) is 0 Å². The molecule has 1 rings (SSSR count). The first-order valence-electron chi connectivity index (χ1n) is 4.26. The Labute approximate surface area is 78.1 Å². The van der Waals surface area contributed by atoms with Gasteiger partial charge in [0, 0.05) is 6.04 Å². The van der Waals surface area contributed by atoms with Crippen molar-refractivity contribution in [3.63, 3.8) is 0 Å². The molecular weight excluding hydrogens is 192 g/mol. The van der Waals surface area contributed by atoms with Gasteiger partial charge in [-0.05, 0) is 19.8 Å². The molecule has 0 aromatic carbocycles. The highest BCUT2D eigenvalue weighted by atomic mass is 32.2. The predicted octanol–water partition coefficient (Wildman–Crippen LogP) is -0.448. The third-order valence-corrected chi connectivity index (χ3v) is 3.11. The lowest BCUT2D eigenvalue weighted by atomic mass is 9.94. The zero-order valence-corrected chi connectivity index (χ0v) is 8.36. The molecule has 2 N–H and O–H groups in total. The average Bonchev–Trinajstić information content (AvgIpc) is 1.94. The summed E-state index contributed by atoms with van der Waals surface area (Å²) in [6.45, 7) is 1.20. The van der Waals surface area contributed by atoms with E-state index in [0.29, 0.717) is 0 Å². The largest absolute Gasteiger partial charge is 0.299 e. The zero-order chi connectivity index (χ0) is 9.90. The molecule has 1 fully saturated rings. The number of hydrogen-bond acceptors (Lipinski definition) is 3. The molecule has 0 aliphatic heterocycles. The molecule has 0 amide bonds. The maximum absolute atomic E-state index is 11.2. The number of carbonyl (C=O) groups is 1. The molecule has 0 atom stereocenters. The minimum atomic E-state index is -3.46. The van der Waals surface area contributed by atoms with Crippen LogP contribution in [0.4, 0.5) is 0 Å². The summed E-state index contributed by atoms with van der Waals surface area (Å²) in [5, 5.41) is 0. The van der Waals surface area contributed by atoms with E-state index in [1.54, 1.807) is 0 Å².